The summed E-state index contributed by atoms with van der Waals surface area (Å²) in [5.74, 6) is 2.31. The van der Waals surface area contributed by atoms with E-state index in [4.69, 9.17) is 4.74 Å². The van der Waals surface area contributed by atoms with Crippen LogP contribution < -0.4 is 20.3 Å². The predicted octanol–water partition coefficient (Wildman–Crippen LogP) is 3.71. The molecule has 1 aromatic heterocycles. The van der Waals surface area contributed by atoms with Gasteiger partial charge in [0.05, 0.1) is 6.61 Å². The van der Waals surface area contributed by atoms with Crippen LogP contribution in [0, 0.1) is 13.8 Å². The van der Waals surface area contributed by atoms with E-state index in [0.717, 1.165) is 48.5 Å². The molecule has 1 fully saturated rings. The average Bonchev–Trinajstić information content (AvgIpc) is 2.72. The molecule has 2 N–H and O–H groups in total. The van der Waals surface area contributed by atoms with Gasteiger partial charge >= 0.3 is 0 Å². The lowest BCUT2D eigenvalue weighted by molar-refractivity contribution is 0.0926. The highest BCUT2D eigenvalue weighted by Crippen LogP contribution is 2.24. The van der Waals surface area contributed by atoms with Gasteiger partial charge in [0.2, 0.25) is 5.95 Å². The molecule has 30 heavy (non-hydrogen) atoms. The Balaban J connectivity index is 1.54. The van der Waals surface area contributed by atoms with Gasteiger partial charge in [-0.15, -0.1) is 0 Å². The Hall–Kier alpha value is -2.83. The Kier molecular flexibility index (Phi) is 7.13. The maximum Gasteiger partial charge on any atom is 0.251 e. The van der Waals surface area contributed by atoms with Crippen LogP contribution in [0.25, 0.3) is 0 Å². The minimum atomic E-state index is -0.0407. The Morgan fingerprint density at radius 1 is 1.13 bits per heavy atom. The molecule has 7 nitrogen and oxygen atoms in total. The number of nitrogens with one attached hydrogen (secondary N) is 2. The Labute approximate surface area is 179 Å². The maximum atomic E-state index is 12.6. The smallest absolute Gasteiger partial charge is 0.251 e. The summed E-state index contributed by atoms with van der Waals surface area (Å²) in [4.78, 5) is 23.9. The molecule has 1 aliphatic rings. The highest BCUT2D eigenvalue weighted by atomic mass is 16.5. The monoisotopic (exact) mass is 411 g/mol. The van der Waals surface area contributed by atoms with E-state index in [1.165, 1.54) is 0 Å². The first-order valence-corrected chi connectivity index (χ1v) is 10.7. The van der Waals surface area contributed by atoms with Gasteiger partial charge in [-0.3, -0.25) is 4.79 Å². The predicted molar refractivity (Wildman–Crippen MR) is 121 cm³/mol. The number of anilines is 2. The number of carbonyl (C=O) groups is 1. The third kappa shape index (κ3) is 5.40. The lowest BCUT2D eigenvalue weighted by Gasteiger charge is -2.30. The fraction of sp³-hybridized carbons (Fsp3) is 0.522. The molecule has 0 bridgehead atoms. The number of nitrogens with zero attached hydrogens (tertiary/aromatic N) is 3. The Bertz CT molecular complexity index is 876. The molecule has 3 rings (SSSR count). The fourth-order valence-corrected chi connectivity index (χ4v) is 3.84. The van der Waals surface area contributed by atoms with Crippen LogP contribution in [0.3, 0.4) is 0 Å². The summed E-state index contributed by atoms with van der Waals surface area (Å²) < 4.78 is 5.49. The molecule has 1 saturated carbocycles. The summed E-state index contributed by atoms with van der Waals surface area (Å²) in [6.45, 7) is 6.58. The molecule has 0 aliphatic heterocycles. The molecular formula is C23H33N5O2. The van der Waals surface area contributed by atoms with E-state index in [2.05, 4.69) is 20.6 Å². The van der Waals surface area contributed by atoms with Crippen molar-refractivity contribution in [2.75, 3.05) is 30.9 Å². The van der Waals surface area contributed by atoms with Gasteiger partial charge in [-0.1, -0.05) is 6.07 Å². The van der Waals surface area contributed by atoms with Crippen molar-refractivity contribution in [1.82, 2.24) is 15.3 Å². The molecule has 1 aliphatic carbocycles. The molecule has 0 spiro atoms. The topological polar surface area (TPSA) is 79.4 Å². The largest absolute Gasteiger partial charge is 0.494 e. The molecule has 1 amide bonds. The third-order valence-electron chi connectivity index (χ3n) is 5.59. The molecule has 0 unspecified atom stereocenters. The standard InChI is InChI=1S/C23H33N5O2/c1-6-30-20-9-7-8-17(14-20)22(29)25-18-10-12-19(13-11-18)26-23-24-16(3)15(2)21(27-23)28(4)5/h7-9,14,18-19H,6,10-13H2,1-5H3,(H,25,29)(H,24,26,27). The van der Waals surface area contributed by atoms with Crippen LogP contribution in [0.5, 0.6) is 5.75 Å². The number of ether oxygens (including phenoxy) is 1. The van der Waals surface area contributed by atoms with Crippen LogP contribution in [0.1, 0.15) is 54.2 Å². The third-order valence-corrected chi connectivity index (χ3v) is 5.59. The van der Waals surface area contributed by atoms with E-state index >= 15 is 0 Å². The average molecular weight is 412 g/mol. The first-order chi connectivity index (χ1) is 14.4. The normalized spacial score (nSPS) is 18.6. The lowest BCUT2D eigenvalue weighted by Crippen LogP contribution is -2.40. The number of amides is 1. The molecule has 7 heteroatoms. The summed E-state index contributed by atoms with van der Waals surface area (Å²) in [6.07, 6.45) is 3.80. The van der Waals surface area contributed by atoms with Crippen molar-refractivity contribution in [3.05, 3.63) is 41.1 Å². The van der Waals surface area contributed by atoms with Crippen LogP contribution in [0.2, 0.25) is 0 Å². The van der Waals surface area contributed by atoms with Crippen molar-refractivity contribution in [3.8, 4) is 5.75 Å². The van der Waals surface area contributed by atoms with E-state index in [1.54, 1.807) is 6.07 Å². The number of aryl methyl sites for hydroxylation is 1. The number of benzene rings is 1. The first kappa shape index (κ1) is 21.9. The SMILES string of the molecule is CCOc1cccc(C(=O)NC2CCC(Nc3nc(C)c(C)c(N(C)C)n3)CC2)c1. The van der Waals surface area contributed by atoms with Gasteiger partial charge in [-0.2, -0.15) is 4.98 Å². The number of hydrogen-bond donors (Lipinski definition) is 2. The summed E-state index contributed by atoms with van der Waals surface area (Å²) in [6, 6.07) is 7.84. The van der Waals surface area contributed by atoms with Gasteiger partial charge in [-0.25, -0.2) is 4.98 Å². The summed E-state index contributed by atoms with van der Waals surface area (Å²) in [7, 11) is 3.99. The quantitative estimate of drug-likeness (QED) is 0.723. The van der Waals surface area contributed by atoms with Gasteiger partial charge < -0.3 is 20.3 Å². The second kappa shape index (κ2) is 9.78. The minimum Gasteiger partial charge on any atom is -0.494 e. The van der Waals surface area contributed by atoms with Crippen LogP contribution in [-0.4, -0.2) is 48.7 Å². The van der Waals surface area contributed by atoms with Crippen LogP contribution in [0.4, 0.5) is 11.8 Å². The van der Waals surface area contributed by atoms with Crippen molar-refractivity contribution in [1.29, 1.82) is 0 Å². The van der Waals surface area contributed by atoms with Gasteiger partial charge in [0, 0.05) is 43.0 Å². The van der Waals surface area contributed by atoms with Gasteiger partial charge in [0.15, 0.2) is 0 Å². The molecule has 0 atom stereocenters. The van der Waals surface area contributed by atoms with E-state index in [9.17, 15) is 4.79 Å². The van der Waals surface area contributed by atoms with Crippen LogP contribution in [-0.2, 0) is 0 Å². The van der Waals surface area contributed by atoms with Gasteiger partial charge in [0.1, 0.15) is 11.6 Å². The zero-order chi connectivity index (χ0) is 21.7. The minimum absolute atomic E-state index is 0.0407. The van der Waals surface area contributed by atoms with Crippen molar-refractivity contribution in [2.24, 2.45) is 0 Å². The van der Waals surface area contributed by atoms with Gasteiger partial charge in [0.25, 0.3) is 5.91 Å². The zero-order valence-electron chi connectivity index (χ0n) is 18.7. The molecule has 0 saturated heterocycles. The second-order valence-electron chi connectivity index (χ2n) is 8.10. The van der Waals surface area contributed by atoms with Crippen molar-refractivity contribution >= 4 is 17.7 Å². The van der Waals surface area contributed by atoms with E-state index in [-0.39, 0.29) is 11.9 Å². The molecule has 2 aromatic rings. The molecule has 162 valence electrons. The van der Waals surface area contributed by atoms with E-state index in [1.807, 2.05) is 58.0 Å². The van der Waals surface area contributed by atoms with E-state index < -0.39 is 0 Å². The summed E-state index contributed by atoms with van der Waals surface area (Å²) >= 11 is 0. The summed E-state index contributed by atoms with van der Waals surface area (Å²) in [5, 5.41) is 6.66. The molecule has 0 radical (unpaired) electrons. The number of rotatable bonds is 7. The van der Waals surface area contributed by atoms with Crippen LogP contribution in [0.15, 0.2) is 24.3 Å². The maximum absolute atomic E-state index is 12.6. The Morgan fingerprint density at radius 2 is 1.83 bits per heavy atom. The zero-order valence-corrected chi connectivity index (χ0v) is 18.7. The summed E-state index contributed by atoms with van der Waals surface area (Å²) in [5.41, 5.74) is 2.73. The number of hydrogen-bond acceptors (Lipinski definition) is 6. The van der Waals surface area contributed by atoms with Crippen molar-refractivity contribution in [3.63, 3.8) is 0 Å². The molecule has 1 heterocycles. The highest BCUT2D eigenvalue weighted by Gasteiger charge is 2.24. The highest BCUT2D eigenvalue weighted by molar-refractivity contribution is 5.94. The van der Waals surface area contributed by atoms with Gasteiger partial charge in [-0.05, 0) is 64.7 Å². The van der Waals surface area contributed by atoms with Crippen LogP contribution >= 0.6 is 0 Å². The lowest BCUT2D eigenvalue weighted by atomic mass is 9.91. The molecular weight excluding hydrogens is 378 g/mol. The Morgan fingerprint density at radius 3 is 2.50 bits per heavy atom. The second-order valence-corrected chi connectivity index (χ2v) is 8.10. The van der Waals surface area contributed by atoms with Crippen molar-refractivity contribution in [2.45, 2.75) is 58.5 Å². The fourth-order valence-electron chi connectivity index (χ4n) is 3.84. The van der Waals surface area contributed by atoms with Crippen molar-refractivity contribution < 1.29 is 9.53 Å². The molecule has 1 aromatic carbocycles. The first-order valence-electron chi connectivity index (χ1n) is 10.7. The number of aromatic nitrogens is 2. The number of carbonyl (C=O) groups excluding carboxylic acids is 1. The van der Waals surface area contributed by atoms with E-state index in [0.29, 0.717) is 24.2 Å².